The monoisotopic (exact) mass is 170 g/mol. The van der Waals surface area contributed by atoms with Crippen molar-refractivity contribution in [3.8, 4) is 0 Å². The van der Waals surface area contributed by atoms with Crippen LogP contribution in [-0.4, -0.2) is 32.7 Å². The molecule has 70 valence electrons. The van der Waals surface area contributed by atoms with Crippen LogP contribution < -0.4 is 0 Å². The number of hydrogen-bond acceptors (Lipinski definition) is 2. The molecule has 12 heavy (non-hydrogen) atoms. The van der Waals surface area contributed by atoms with Crippen LogP contribution in [0.1, 0.15) is 34.1 Å². The summed E-state index contributed by atoms with van der Waals surface area (Å²) in [6.07, 6.45) is 0.851. The first-order chi connectivity index (χ1) is 5.27. The van der Waals surface area contributed by atoms with Gasteiger partial charge in [0.15, 0.2) is 0 Å². The van der Waals surface area contributed by atoms with Gasteiger partial charge in [-0.2, -0.15) is 0 Å². The fraction of sp³-hybridized carbons (Fsp3) is 1.00. The largest absolute Gasteiger partial charge is 0.385 e. The third-order valence-corrected chi connectivity index (χ3v) is 1.73. The minimum Gasteiger partial charge on any atom is -0.385 e. The van der Waals surface area contributed by atoms with Gasteiger partial charge in [-0.25, -0.2) is 0 Å². The first-order valence-electron chi connectivity index (χ1n) is 4.25. The fourth-order valence-electron chi connectivity index (χ4n) is 0.662. The normalized spacial score (nSPS) is 13.4. The Labute approximate surface area is 77.0 Å². The van der Waals surface area contributed by atoms with Crippen LogP contribution in [-0.2, 0) is 9.47 Å². The first-order valence-corrected chi connectivity index (χ1v) is 4.25. The van der Waals surface area contributed by atoms with Crippen molar-refractivity contribution in [1.82, 2.24) is 0 Å². The van der Waals surface area contributed by atoms with E-state index in [9.17, 15) is 0 Å². The highest BCUT2D eigenvalue weighted by molar-refractivity contribution is 6.13. The molecule has 0 spiro atoms. The Morgan fingerprint density at radius 1 is 1.17 bits per heavy atom. The molecule has 0 aliphatic carbocycles. The van der Waals surface area contributed by atoms with Crippen LogP contribution in [0.15, 0.2) is 0 Å². The molecule has 2 radical (unpaired) electrons. The molecule has 0 aromatic rings. The molecule has 0 saturated heterocycles. The molecule has 0 fully saturated rings. The lowest BCUT2D eigenvalue weighted by atomic mass is 9.86. The molecule has 0 saturated carbocycles. The molecule has 0 aromatic carbocycles. The lowest BCUT2D eigenvalue weighted by Gasteiger charge is -2.26. The van der Waals surface area contributed by atoms with E-state index >= 15 is 0 Å². The van der Waals surface area contributed by atoms with E-state index in [2.05, 4.69) is 0 Å². The van der Waals surface area contributed by atoms with Crippen molar-refractivity contribution < 1.29 is 9.47 Å². The van der Waals surface area contributed by atoms with Gasteiger partial charge in [-0.1, -0.05) is 0 Å². The molecule has 0 heterocycles. The van der Waals surface area contributed by atoms with E-state index in [0.29, 0.717) is 6.61 Å². The van der Waals surface area contributed by atoms with Crippen LogP contribution in [0.5, 0.6) is 0 Å². The quantitative estimate of drug-likeness (QED) is 0.585. The minimum atomic E-state index is -0.538. The number of ether oxygens (including phenoxy) is 2. The van der Waals surface area contributed by atoms with Gasteiger partial charge in [-0.05, 0) is 34.1 Å². The Balaban J connectivity index is 3.57. The third kappa shape index (κ3) is 6.68. The van der Waals surface area contributed by atoms with Crippen molar-refractivity contribution >= 4 is 7.85 Å². The average Bonchev–Trinajstić information content (AvgIpc) is 1.84. The Hall–Kier alpha value is -0.0151. The Bertz CT molecular complexity index is 127. The van der Waals surface area contributed by atoms with Gasteiger partial charge in [0.2, 0.25) is 0 Å². The summed E-state index contributed by atoms with van der Waals surface area (Å²) in [5.41, 5.74) is -0.658. The molecule has 0 aliphatic heterocycles. The molecule has 0 atom stereocenters. The zero-order chi connectivity index (χ0) is 9.83. The highest BCUT2D eigenvalue weighted by Crippen LogP contribution is 2.14. The van der Waals surface area contributed by atoms with Crippen molar-refractivity contribution in [2.45, 2.75) is 45.2 Å². The SMILES string of the molecule is [B]C(C)(C)OCCC(C)(C)OC. The van der Waals surface area contributed by atoms with Crippen molar-refractivity contribution in [3.05, 3.63) is 0 Å². The van der Waals surface area contributed by atoms with E-state index in [1.54, 1.807) is 7.11 Å². The third-order valence-electron chi connectivity index (χ3n) is 1.73. The van der Waals surface area contributed by atoms with Gasteiger partial charge in [0.1, 0.15) is 7.85 Å². The van der Waals surface area contributed by atoms with Crippen LogP contribution in [0, 0.1) is 0 Å². The fourth-order valence-corrected chi connectivity index (χ4v) is 0.662. The lowest BCUT2D eigenvalue weighted by molar-refractivity contribution is -0.0297. The van der Waals surface area contributed by atoms with Gasteiger partial charge < -0.3 is 9.47 Å². The molecular weight excluding hydrogens is 151 g/mol. The van der Waals surface area contributed by atoms with E-state index < -0.39 is 5.50 Å². The first kappa shape index (κ1) is 12.0. The zero-order valence-corrected chi connectivity index (χ0v) is 8.81. The van der Waals surface area contributed by atoms with Gasteiger partial charge in [0.05, 0.1) is 5.60 Å². The van der Waals surface area contributed by atoms with Gasteiger partial charge in [-0.3, -0.25) is 0 Å². The maximum Gasteiger partial charge on any atom is 0.112 e. The van der Waals surface area contributed by atoms with Gasteiger partial charge in [0, 0.05) is 19.2 Å². The van der Waals surface area contributed by atoms with Crippen LogP contribution in [0.25, 0.3) is 0 Å². The van der Waals surface area contributed by atoms with Crippen LogP contribution >= 0.6 is 0 Å². The molecule has 0 rings (SSSR count). The maximum absolute atomic E-state index is 5.64. The Morgan fingerprint density at radius 3 is 2.00 bits per heavy atom. The van der Waals surface area contributed by atoms with E-state index in [0.717, 1.165) is 6.42 Å². The number of rotatable bonds is 5. The average molecular weight is 170 g/mol. The molecule has 0 aromatic heterocycles. The van der Waals surface area contributed by atoms with Crippen LogP contribution in [0.3, 0.4) is 0 Å². The minimum absolute atomic E-state index is 0.120. The van der Waals surface area contributed by atoms with E-state index in [4.69, 9.17) is 17.3 Å². The highest BCUT2D eigenvalue weighted by atomic mass is 16.5. The van der Waals surface area contributed by atoms with E-state index in [-0.39, 0.29) is 5.60 Å². The second kappa shape index (κ2) is 4.29. The molecule has 0 bridgehead atoms. The summed E-state index contributed by atoms with van der Waals surface area (Å²) >= 11 is 0. The Kier molecular flexibility index (Phi) is 4.28. The summed E-state index contributed by atoms with van der Waals surface area (Å²) < 4.78 is 10.6. The number of methoxy groups -OCH3 is 1. The summed E-state index contributed by atoms with van der Waals surface area (Å²) in [6.45, 7) is 8.36. The maximum atomic E-state index is 5.64. The summed E-state index contributed by atoms with van der Waals surface area (Å²) in [5, 5.41) is 0. The van der Waals surface area contributed by atoms with Crippen molar-refractivity contribution in [3.63, 3.8) is 0 Å². The van der Waals surface area contributed by atoms with Crippen LogP contribution in [0.4, 0.5) is 0 Å². The van der Waals surface area contributed by atoms with Crippen molar-refractivity contribution in [2.24, 2.45) is 0 Å². The Morgan fingerprint density at radius 2 is 1.67 bits per heavy atom. The summed E-state index contributed by atoms with van der Waals surface area (Å²) in [6, 6.07) is 0. The van der Waals surface area contributed by atoms with Gasteiger partial charge in [-0.15, -0.1) is 0 Å². The molecular formula is C9H19BO2. The molecule has 3 heteroatoms. The molecule has 0 aliphatic rings. The molecule has 0 unspecified atom stereocenters. The summed E-state index contributed by atoms with van der Waals surface area (Å²) in [5.74, 6) is 0. The number of hydrogen-bond donors (Lipinski definition) is 0. The zero-order valence-electron chi connectivity index (χ0n) is 8.81. The second-order valence-electron chi connectivity index (χ2n) is 4.17. The highest BCUT2D eigenvalue weighted by Gasteiger charge is 2.17. The second-order valence-corrected chi connectivity index (χ2v) is 4.17. The molecule has 0 N–H and O–H groups in total. The summed E-state index contributed by atoms with van der Waals surface area (Å²) in [7, 11) is 7.35. The molecule has 0 amide bonds. The smallest absolute Gasteiger partial charge is 0.112 e. The standard InChI is InChI=1S/C9H19BO2/c1-8(2,11-5)6-7-12-9(3,4)10/h6-7H2,1-5H3. The predicted octanol–water partition coefficient (Wildman–Crippen LogP) is 1.72. The lowest BCUT2D eigenvalue weighted by Crippen LogP contribution is -2.30. The van der Waals surface area contributed by atoms with Crippen molar-refractivity contribution in [2.75, 3.05) is 13.7 Å². The topological polar surface area (TPSA) is 18.5 Å². The van der Waals surface area contributed by atoms with E-state index in [1.807, 2.05) is 27.7 Å². The molecule has 2 nitrogen and oxygen atoms in total. The van der Waals surface area contributed by atoms with Gasteiger partial charge in [0.25, 0.3) is 0 Å². The summed E-state index contributed by atoms with van der Waals surface area (Å²) in [4.78, 5) is 0. The predicted molar refractivity (Wildman–Crippen MR) is 51.5 cm³/mol. The van der Waals surface area contributed by atoms with Gasteiger partial charge >= 0.3 is 0 Å². The van der Waals surface area contributed by atoms with E-state index in [1.165, 1.54) is 0 Å². The van der Waals surface area contributed by atoms with Crippen LogP contribution in [0.2, 0.25) is 0 Å². The van der Waals surface area contributed by atoms with Crippen molar-refractivity contribution in [1.29, 1.82) is 0 Å².